The second-order valence-electron chi connectivity index (χ2n) is 6.22. The summed E-state index contributed by atoms with van der Waals surface area (Å²) in [5.41, 5.74) is 0.855. The zero-order valence-corrected chi connectivity index (χ0v) is 16.9. The molecule has 0 amide bonds. The molecule has 0 bridgehead atoms. The van der Waals surface area contributed by atoms with Gasteiger partial charge in [-0.1, -0.05) is 35.9 Å². The van der Waals surface area contributed by atoms with Crippen LogP contribution < -0.4 is 0 Å². The van der Waals surface area contributed by atoms with E-state index < -0.39 is 30.9 Å². The molecule has 0 radical (unpaired) electrons. The molecule has 0 saturated carbocycles. The Morgan fingerprint density at radius 1 is 0.929 bits per heavy atom. The number of carboxylic acids is 1. The molecule has 7 nitrogen and oxygen atoms in total. The van der Waals surface area contributed by atoms with E-state index in [9.17, 15) is 26.7 Å². The Balaban J connectivity index is 1.94. The van der Waals surface area contributed by atoms with E-state index in [-0.39, 0.29) is 35.2 Å². The lowest BCUT2D eigenvalue weighted by Crippen LogP contribution is -2.31. The van der Waals surface area contributed by atoms with E-state index in [1.54, 1.807) is 37.3 Å². The van der Waals surface area contributed by atoms with Crippen LogP contribution >= 0.6 is 0 Å². The Hall–Kier alpha value is -2.23. The summed E-state index contributed by atoms with van der Waals surface area (Å²) >= 11 is 0. The molecule has 0 aliphatic heterocycles. The van der Waals surface area contributed by atoms with Crippen molar-refractivity contribution in [3.05, 3.63) is 60.2 Å². The van der Waals surface area contributed by atoms with Gasteiger partial charge in [0.1, 0.15) is 0 Å². The summed E-state index contributed by atoms with van der Waals surface area (Å²) in [7, 11) is -7.59. The van der Waals surface area contributed by atoms with Crippen molar-refractivity contribution in [2.45, 2.75) is 28.4 Å². The van der Waals surface area contributed by atoms with Crippen LogP contribution in [0.3, 0.4) is 0 Å². The molecule has 0 fully saturated rings. The highest BCUT2D eigenvalue weighted by Gasteiger charge is 2.33. The van der Waals surface area contributed by atoms with Gasteiger partial charge >= 0.3 is 5.97 Å². The summed E-state index contributed by atoms with van der Waals surface area (Å²) in [5.74, 6) is -1.75. The Kier molecular flexibility index (Phi) is 7.34. The number of ether oxygens (including phenoxy) is 1. The summed E-state index contributed by atoms with van der Waals surface area (Å²) in [5, 5.41) is 7.66. The molecule has 2 aromatic rings. The van der Waals surface area contributed by atoms with Gasteiger partial charge in [-0.3, -0.25) is 4.79 Å². The van der Waals surface area contributed by atoms with Gasteiger partial charge in [0.05, 0.1) is 22.2 Å². The maximum Gasteiger partial charge on any atom is 0.322 e. The van der Waals surface area contributed by atoms with Crippen molar-refractivity contribution in [2.24, 2.45) is 0 Å². The normalized spacial score (nSPS) is 13.2. The highest BCUT2D eigenvalue weighted by Crippen LogP contribution is 2.19. The van der Waals surface area contributed by atoms with E-state index in [0.29, 0.717) is 0 Å². The first kappa shape index (κ1) is 22.1. The van der Waals surface area contributed by atoms with Gasteiger partial charge in [0.25, 0.3) is 0 Å². The van der Waals surface area contributed by atoms with Crippen LogP contribution in [-0.2, 0) is 29.2 Å². The van der Waals surface area contributed by atoms with Gasteiger partial charge in [-0.25, -0.2) is 16.8 Å². The number of benzene rings is 2. The minimum atomic E-state index is -4.07. The first-order chi connectivity index (χ1) is 13.1. The van der Waals surface area contributed by atoms with Crippen molar-refractivity contribution in [3.63, 3.8) is 0 Å². The van der Waals surface area contributed by atoms with Gasteiger partial charge in [-0.2, -0.15) is 0 Å². The van der Waals surface area contributed by atoms with Crippen LogP contribution in [0.1, 0.15) is 12.0 Å². The zero-order valence-electron chi connectivity index (χ0n) is 15.3. The molecule has 2 rings (SSSR count). The molecular weight excluding hydrogens is 404 g/mol. The van der Waals surface area contributed by atoms with Crippen LogP contribution in [0.5, 0.6) is 0 Å². The smallest absolute Gasteiger partial charge is 0.322 e. The van der Waals surface area contributed by atoms with Gasteiger partial charge in [-0.15, -0.1) is 0 Å². The van der Waals surface area contributed by atoms with Crippen molar-refractivity contribution in [1.29, 1.82) is 0 Å². The van der Waals surface area contributed by atoms with Crippen molar-refractivity contribution < 1.29 is 31.5 Å². The third-order valence-electron chi connectivity index (χ3n) is 4.12. The first-order valence-electron chi connectivity index (χ1n) is 8.53. The van der Waals surface area contributed by atoms with E-state index in [1.807, 2.05) is 0 Å². The average Bonchev–Trinajstić information content (AvgIpc) is 2.65. The number of rotatable bonds is 10. The number of carboxylic acid groups (broad SMARTS) is 1. The molecule has 0 spiro atoms. The predicted molar refractivity (Wildman–Crippen MR) is 104 cm³/mol. The molecule has 0 aromatic heterocycles. The summed E-state index contributed by atoms with van der Waals surface area (Å²) in [6, 6.07) is 13.8. The third kappa shape index (κ3) is 5.63. The molecule has 1 atom stereocenters. The summed E-state index contributed by atoms with van der Waals surface area (Å²) < 4.78 is 54.6. The zero-order chi connectivity index (χ0) is 20.8. The summed E-state index contributed by atoms with van der Waals surface area (Å²) in [6.45, 7) is 1.45. The number of hydrogen-bond acceptors (Lipinski definition) is 6. The largest absolute Gasteiger partial charge is 0.480 e. The van der Waals surface area contributed by atoms with E-state index in [4.69, 9.17) is 4.74 Å². The number of sulfone groups is 2. The van der Waals surface area contributed by atoms with E-state index in [0.717, 1.165) is 5.56 Å². The minimum Gasteiger partial charge on any atom is -0.480 e. The number of hydrogen-bond donors (Lipinski definition) is 1. The lowest BCUT2D eigenvalue weighted by atomic mass is 10.2. The SMILES string of the molecule is Cc1ccc(S(=O)(=O)C(CCOCCS(=O)(=O)c2ccccc2)C(=O)O)cc1. The lowest BCUT2D eigenvalue weighted by Gasteiger charge is -2.14. The topological polar surface area (TPSA) is 115 Å². The summed E-state index contributed by atoms with van der Waals surface area (Å²) in [4.78, 5) is 11.6. The molecule has 1 unspecified atom stereocenters. The van der Waals surface area contributed by atoms with E-state index >= 15 is 0 Å². The fraction of sp³-hybridized carbons (Fsp3) is 0.316. The van der Waals surface area contributed by atoms with Crippen LogP contribution in [0.4, 0.5) is 0 Å². The van der Waals surface area contributed by atoms with Gasteiger partial charge in [-0.05, 0) is 37.6 Å². The highest BCUT2D eigenvalue weighted by atomic mass is 32.2. The van der Waals surface area contributed by atoms with Gasteiger partial charge in [0.2, 0.25) is 0 Å². The van der Waals surface area contributed by atoms with Crippen molar-refractivity contribution in [2.75, 3.05) is 19.0 Å². The quantitative estimate of drug-likeness (QED) is 0.579. The van der Waals surface area contributed by atoms with Crippen LogP contribution in [0.15, 0.2) is 64.4 Å². The van der Waals surface area contributed by atoms with Crippen LogP contribution in [0.25, 0.3) is 0 Å². The number of carbonyl (C=O) groups is 1. The second kappa shape index (κ2) is 9.31. The fourth-order valence-corrected chi connectivity index (χ4v) is 5.17. The minimum absolute atomic E-state index is 0.0721. The molecule has 28 heavy (non-hydrogen) atoms. The summed E-state index contributed by atoms with van der Waals surface area (Å²) in [6.07, 6.45) is -0.281. The molecule has 0 heterocycles. The highest BCUT2D eigenvalue weighted by molar-refractivity contribution is 7.92. The molecule has 152 valence electrons. The molecule has 0 aliphatic carbocycles. The number of aryl methyl sites for hydroxylation is 1. The Labute approximate surface area is 164 Å². The molecule has 0 saturated heterocycles. The van der Waals surface area contributed by atoms with Crippen molar-refractivity contribution >= 4 is 25.6 Å². The van der Waals surface area contributed by atoms with E-state index in [2.05, 4.69) is 0 Å². The van der Waals surface area contributed by atoms with E-state index in [1.165, 1.54) is 24.3 Å². The van der Waals surface area contributed by atoms with Crippen molar-refractivity contribution in [3.8, 4) is 0 Å². The van der Waals surface area contributed by atoms with Crippen LogP contribution in [-0.4, -0.2) is 52.1 Å². The van der Waals surface area contributed by atoms with Crippen molar-refractivity contribution in [1.82, 2.24) is 0 Å². The van der Waals surface area contributed by atoms with Gasteiger partial charge in [0.15, 0.2) is 24.9 Å². The van der Waals surface area contributed by atoms with Gasteiger partial charge in [0, 0.05) is 6.61 Å². The predicted octanol–water partition coefficient (Wildman–Crippen LogP) is 2.10. The molecule has 1 N–H and O–H groups in total. The first-order valence-corrected chi connectivity index (χ1v) is 11.7. The van der Waals surface area contributed by atoms with Gasteiger partial charge < -0.3 is 9.84 Å². The molecule has 2 aromatic carbocycles. The standard InChI is InChI=1S/C19H22O7S2/c1-15-7-9-17(10-8-15)28(24,25)18(19(20)21)11-12-26-13-14-27(22,23)16-5-3-2-4-6-16/h2-10,18H,11-14H2,1H3,(H,20,21). The van der Waals surface area contributed by atoms with Crippen LogP contribution in [0.2, 0.25) is 0 Å². The Bertz CT molecular complexity index is 996. The maximum atomic E-state index is 12.6. The maximum absolute atomic E-state index is 12.6. The Morgan fingerprint density at radius 3 is 2.11 bits per heavy atom. The number of aliphatic carboxylic acids is 1. The molecule has 9 heteroatoms. The Morgan fingerprint density at radius 2 is 1.54 bits per heavy atom. The fourth-order valence-electron chi connectivity index (χ4n) is 2.51. The monoisotopic (exact) mass is 426 g/mol. The van der Waals surface area contributed by atoms with Crippen LogP contribution in [0, 0.1) is 6.92 Å². The average molecular weight is 427 g/mol. The molecule has 0 aliphatic rings. The molecular formula is C19H22O7S2. The third-order valence-corrected chi connectivity index (χ3v) is 7.93. The lowest BCUT2D eigenvalue weighted by molar-refractivity contribution is -0.136. The second-order valence-corrected chi connectivity index (χ2v) is 10.5.